The van der Waals surface area contributed by atoms with Crippen molar-refractivity contribution in [1.82, 2.24) is 20.1 Å². The Hall–Kier alpha value is -2.99. The lowest BCUT2D eigenvalue weighted by atomic mass is 9.95. The van der Waals surface area contributed by atoms with Gasteiger partial charge in [-0.2, -0.15) is 5.10 Å². The molecule has 0 bridgehead atoms. The lowest BCUT2D eigenvalue weighted by Crippen LogP contribution is -2.32. The fourth-order valence-corrected chi connectivity index (χ4v) is 3.57. The van der Waals surface area contributed by atoms with Crippen molar-refractivity contribution >= 4 is 5.91 Å². The summed E-state index contributed by atoms with van der Waals surface area (Å²) in [6.45, 7) is 2.92. The summed E-state index contributed by atoms with van der Waals surface area (Å²) < 4.78 is 0. The van der Waals surface area contributed by atoms with Crippen LogP contribution in [-0.2, 0) is 6.54 Å². The maximum absolute atomic E-state index is 11.2. The number of nitrogens with two attached hydrogens (primary N) is 1. The fraction of sp³-hybridized carbons (Fsp3) is 0.286. The lowest BCUT2D eigenvalue weighted by Gasteiger charge is -2.30. The van der Waals surface area contributed by atoms with Gasteiger partial charge in [-0.15, -0.1) is 0 Å². The van der Waals surface area contributed by atoms with Crippen LogP contribution in [0.1, 0.15) is 40.5 Å². The normalized spacial score (nSPS) is 15.7. The molecule has 1 saturated heterocycles. The number of carbonyl (C=O) groups excluding carboxylic acids is 1. The highest BCUT2D eigenvalue weighted by atomic mass is 16.1. The van der Waals surface area contributed by atoms with Gasteiger partial charge in [0.1, 0.15) is 5.82 Å². The van der Waals surface area contributed by atoms with E-state index in [1.807, 2.05) is 42.5 Å². The second kappa shape index (κ2) is 7.72. The molecule has 2 heterocycles. The molecule has 138 valence electrons. The van der Waals surface area contributed by atoms with Gasteiger partial charge in [-0.3, -0.25) is 14.8 Å². The Morgan fingerprint density at radius 1 is 1.07 bits per heavy atom. The number of hydrogen-bond donors (Lipinski definition) is 2. The third-order valence-electron chi connectivity index (χ3n) is 5.15. The molecular weight excluding hydrogens is 338 g/mol. The Balaban J connectivity index is 1.34. The standard InChI is InChI=1S/C21H23N5O/c22-19(27)16-8-6-15(7-9-16)14-26-12-10-18(11-13-26)21-23-20(24-25-21)17-4-2-1-3-5-17/h1-9,18H,10-14H2,(H2,22,27)(H,23,24,25). The van der Waals surface area contributed by atoms with E-state index in [0.717, 1.165) is 49.7 Å². The van der Waals surface area contributed by atoms with E-state index in [2.05, 4.69) is 15.1 Å². The maximum atomic E-state index is 11.2. The predicted octanol–water partition coefficient (Wildman–Crippen LogP) is 2.95. The number of hydrogen-bond acceptors (Lipinski definition) is 4. The first kappa shape index (κ1) is 17.4. The lowest BCUT2D eigenvalue weighted by molar-refractivity contribution is 0.1000. The summed E-state index contributed by atoms with van der Waals surface area (Å²) in [6.07, 6.45) is 2.12. The van der Waals surface area contributed by atoms with Crippen molar-refractivity contribution in [3.05, 3.63) is 71.5 Å². The summed E-state index contributed by atoms with van der Waals surface area (Å²) in [6, 6.07) is 17.6. The molecule has 0 atom stereocenters. The van der Waals surface area contributed by atoms with Crippen molar-refractivity contribution in [2.75, 3.05) is 13.1 Å². The number of nitrogens with one attached hydrogen (secondary N) is 1. The first-order chi connectivity index (χ1) is 13.2. The number of nitrogens with zero attached hydrogens (tertiary/aromatic N) is 3. The molecule has 3 N–H and O–H groups in total. The third kappa shape index (κ3) is 4.06. The van der Waals surface area contributed by atoms with Crippen molar-refractivity contribution < 1.29 is 4.79 Å². The van der Waals surface area contributed by atoms with E-state index in [0.29, 0.717) is 11.5 Å². The van der Waals surface area contributed by atoms with Crippen LogP contribution >= 0.6 is 0 Å². The molecular formula is C21H23N5O. The number of H-pyrrole nitrogens is 1. The topological polar surface area (TPSA) is 87.9 Å². The van der Waals surface area contributed by atoms with Crippen molar-refractivity contribution in [2.45, 2.75) is 25.3 Å². The highest BCUT2D eigenvalue weighted by Gasteiger charge is 2.23. The predicted molar refractivity (Wildman–Crippen MR) is 104 cm³/mol. The maximum Gasteiger partial charge on any atom is 0.248 e. The molecule has 1 fully saturated rings. The molecule has 1 aliphatic heterocycles. The molecule has 1 aliphatic rings. The Labute approximate surface area is 158 Å². The van der Waals surface area contributed by atoms with E-state index >= 15 is 0 Å². The molecule has 6 nitrogen and oxygen atoms in total. The molecule has 0 radical (unpaired) electrons. The highest BCUT2D eigenvalue weighted by molar-refractivity contribution is 5.92. The van der Waals surface area contributed by atoms with E-state index in [1.54, 1.807) is 12.1 Å². The zero-order valence-electron chi connectivity index (χ0n) is 15.1. The van der Waals surface area contributed by atoms with Crippen LogP contribution in [0, 0.1) is 0 Å². The van der Waals surface area contributed by atoms with Gasteiger partial charge in [0.25, 0.3) is 0 Å². The number of primary amides is 1. The minimum atomic E-state index is -0.385. The minimum absolute atomic E-state index is 0.385. The van der Waals surface area contributed by atoms with Crippen LogP contribution in [0.25, 0.3) is 11.4 Å². The molecule has 6 heteroatoms. The van der Waals surface area contributed by atoms with E-state index in [9.17, 15) is 4.79 Å². The zero-order chi connectivity index (χ0) is 18.6. The summed E-state index contributed by atoms with van der Waals surface area (Å²) in [5.74, 6) is 1.79. The number of likely N-dealkylation sites (tertiary alicyclic amines) is 1. The molecule has 3 aromatic rings. The molecule has 0 unspecified atom stereocenters. The first-order valence-corrected chi connectivity index (χ1v) is 9.28. The summed E-state index contributed by atoms with van der Waals surface area (Å²) >= 11 is 0. The average Bonchev–Trinajstić information content (AvgIpc) is 3.20. The van der Waals surface area contributed by atoms with Crippen molar-refractivity contribution in [3.63, 3.8) is 0 Å². The van der Waals surface area contributed by atoms with Gasteiger partial charge in [0.15, 0.2) is 5.82 Å². The van der Waals surface area contributed by atoms with Gasteiger partial charge in [0, 0.05) is 23.6 Å². The van der Waals surface area contributed by atoms with Gasteiger partial charge < -0.3 is 5.73 Å². The van der Waals surface area contributed by atoms with Gasteiger partial charge in [0.2, 0.25) is 5.91 Å². The second-order valence-electron chi connectivity index (χ2n) is 7.02. The Kier molecular flexibility index (Phi) is 4.98. The van der Waals surface area contributed by atoms with E-state index < -0.39 is 0 Å². The zero-order valence-corrected chi connectivity index (χ0v) is 15.1. The number of piperidine rings is 1. The van der Waals surface area contributed by atoms with Crippen LogP contribution < -0.4 is 5.73 Å². The average molecular weight is 361 g/mol. The van der Waals surface area contributed by atoms with Crippen molar-refractivity contribution in [1.29, 1.82) is 0 Å². The van der Waals surface area contributed by atoms with Gasteiger partial charge in [-0.1, -0.05) is 42.5 Å². The van der Waals surface area contributed by atoms with Crippen LogP contribution in [0.15, 0.2) is 54.6 Å². The molecule has 0 saturated carbocycles. The fourth-order valence-electron chi connectivity index (χ4n) is 3.57. The van der Waals surface area contributed by atoms with Crippen LogP contribution in [0.4, 0.5) is 0 Å². The largest absolute Gasteiger partial charge is 0.366 e. The molecule has 27 heavy (non-hydrogen) atoms. The Morgan fingerprint density at radius 2 is 1.78 bits per heavy atom. The minimum Gasteiger partial charge on any atom is -0.366 e. The van der Waals surface area contributed by atoms with Crippen LogP contribution in [0.2, 0.25) is 0 Å². The smallest absolute Gasteiger partial charge is 0.248 e. The Bertz CT molecular complexity index is 896. The molecule has 4 rings (SSSR count). The quantitative estimate of drug-likeness (QED) is 0.731. The number of benzene rings is 2. The van der Waals surface area contributed by atoms with Crippen LogP contribution in [0.3, 0.4) is 0 Å². The number of aromatic nitrogens is 3. The molecule has 2 aromatic carbocycles. The summed E-state index contributed by atoms with van der Waals surface area (Å²) in [7, 11) is 0. The van der Waals surface area contributed by atoms with Gasteiger partial charge in [-0.05, 0) is 43.6 Å². The first-order valence-electron chi connectivity index (χ1n) is 9.28. The molecule has 1 aromatic heterocycles. The third-order valence-corrected chi connectivity index (χ3v) is 5.15. The van der Waals surface area contributed by atoms with Crippen molar-refractivity contribution in [2.24, 2.45) is 5.73 Å². The van der Waals surface area contributed by atoms with Gasteiger partial charge in [-0.25, -0.2) is 4.98 Å². The molecule has 0 aliphatic carbocycles. The van der Waals surface area contributed by atoms with Gasteiger partial charge in [0.05, 0.1) is 0 Å². The summed E-state index contributed by atoms with van der Waals surface area (Å²) in [5.41, 5.74) is 8.08. The van der Waals surface area contributed by atoms with Crippen LogP contribution in [-0.4, -0.2) is 39.1 Å². The number of amides is 1. The van der Waals surface area contributed by atoms with Gasteiger partial charge >= 0.3 is 0 Å². The number of carbonyl (C=O) groups is 1. The molecule has 1 amide bonds. The van der Waals surface area contributed by atoms with Crippen molar-refractivity contribution in [3.8, 4) is 11.4 Å². The number of rotatable bonds is 5. The number of aromatic amines is 1. The summed E-state index contributed by atoms with van der Waals surface area (Å²) in [4.78, 5) is 18.3. The summed E-state index contributed by atoms with van der Waals surface area (Å²) in [5, 5.41) is 7.52. The highest BCUT2D eigenvalue weighted by Crippen LogP contribution is 2.27. The Morgan fingerprint density at radius 3 is 2.44 bits per heavy atom. The monoisotopic (exact) mass is 361 g/mol. The van der Waals surface area contributed by atoms with E-state index in [4.69, 9.17) is 10.7 Å². The molecule has 0 spiro atoms. The van der Waals surface area contributed by atoms with E-state index in [1.165, 1.54) is 5.56 Å². The van der Waals surface area contributed by atoms with E-state index in [-0.39, 0.29) is 5.91 Å². The van der Waals surface area contributed by atoms with Crippen LogP contribution in [0.5, 0.6) is 0 Å². The SMILES string of the molecule is NC(=O)c1ccc(CN2CCC(c3nc(-c4ccccc4)n[nH]3)CC2)cc1. The second-order valence-corrected chi connectivity index (χ2v) is 7.02.